The predicted octanol–water partition coefficient (Wildman–Crippen LogP) is 5.06. The molecule has 0 aliphatic rings. The Balaban J connectivity index is 4.77. The molecular formula is C23H44O5P+. The number of carbonyl (C=O) groups excluding carboxylic acids is 2. The number of ether oxygens (including phenoxy) is 2. The number of aliphatic hydroxyl groups is 1. The fourth-order valence-corrected chi connectivity index (χ4v) is 8.90. The fourth-order valence-electron chi connectivity index (χ4n) is 3.41. The number of rotatable bonds is 17. The molecule has 0 rings (SSSR count). The zero-order valence-electron chi connectivity index (χ0n) is 19.4. The molecule has 0 heterocycles. The Bertz CT molecular complexity index is 470. The van der Waals surface area contributed by atoms with E-state index < -0.39 is 19.3 Å². The van der Waals surface area contributed by atoms with Gasteiger partial charge in [0.25, 0.3) is 0 Å². The second-order valence-corrected chi connectivity index (χ2v) is 12.7. The molecule has 0 aromatic carbocycles. The Morgan fingerprint density at radius 1 is 0.931 bits per heavy atom. The van der Waals surface area contributed by atoms with Gasteiger partial charge < -0.3 is 14.6 Å². The zero-order valence-corrected chi connectivity index (χ0v) is 20.3. The number of unbranched alkanes of at least 4 members (excludes halogenated alkanes) is 3. The summed E-state index contributed by atoms with van der Waals surface area (Å²) in [7, 11) is -1.18. The summed E-state index contributed by atoms with van der Waals surface area (Å²) in [5.41, 5.74) is 0.273. The van der Waals surface area contributed by atoms with Gasteiger partial charge in [0.2, 0.25) is 0 Å². The van der Waals surface area contributed by atoms with Crippen molar-refractivity contribution in [3.05, 3.63) is 12.2 Å². The minimum absolute atomic E-state index is 0.156. The SMILES string of the molecule is C=C(C)C(=O)OCC(O)COC(=O)C(C)C[P+](CCCC)(CCCC)CCCC. The maximum atomic E-state index is 12.6. The second kappa shape index (κ2) is 15.8. The molecule has 0 aromatic heterocycles. The number of hydrogen-bond acceptors (Lipinski definition) is 5. The summed E-state index contributed by atoms with van der Waals surface area (Å²) in [5, 5.41) is 9.91. The first-order chi connectivity index (χ1) is 13.7. The average molecular weight is 432 g/mol. The van der Waals surface area contributed by atoms with Crippen molar-refractivity contribution in [3.8, 4) is 0 Å². The highest BCUT2D eigenvalue weighted by molar-refractivity contribution is 7.75. The summed E-state index contributed by atoms with van der Waals surface area (Å²) in [6.45, 7) is 13.3. The summed E-state index contributed by atoms with van der Waals surface area (Å²) in [6, 6.07) is 0. The van der Waals surface area contributed by atoms with Crippen molar-refractivity contribution in [2.75, 3.05) is 37.9 Å². The number of carbonyl (C=O) groups is 2. The standard InChI is InChI=1S/C23H44O5P/c1-7-10-13-29(14-11-8-2,15-12-9-3)18-20(6)23(26)28-17-21(24)16-27-22(25)19(4)5/h20-21,24H,4,7-18H2,1-3,5-6H3/q+1. The molecule has 0 amide bonds. The molecule has 5 nitrogen and oxygen atoms in total. The molecule has 0 saturated heterocycles. The van der Waals surface area contributed by atoms with Crippen LogP contribution in [0, 0.1) is 5.92 Å². The van der Waals surface area contributed by atoms with E-state index in [0.29, 0.717) is 0 Å². The molecule has 0 aliphatic heterocycles. The van der Waals surface area contributed by atoms with Crippen LogP contribution in [0.3, 0.4) is 0 Å². The van der Waals surface area contributed by atoms with E-state index in [1.165, 1.54) is 57.0 Å². The van der Waals surface area contributed by atoms with E-state index in [9.17, 15) is 14.7 Å². The molecule has 2 atom stereocenters. The largest absolute Gasteiger partial charge is 0.462 e. The van der Waals surface area contributed by atoms with Gasteiger partial charge in [-0.3, -0.25) is 4.79 Å². The van der Waals surface area contributed by atoms with Crippen LogP contribution < -0.4 is 0 Å². The first-order valence-electron chi connectivity index (χ1n) is 11.2. The van der Waals surface area contributed by atoms with Crippen LogP contribution in [0.15, 0.2) is 12.2 Å². The lowest BCUT2D eigenvalue weighted by atomic mass is 10.2. The molecule has 29 heavy (non-hydrogen) atoms. The molecule has 170 valence electrons. The lowest BCUT2D eigenvalue weighted by Crippen LogP contribution is -2.29. The highest BCUT2D eigenvalue weighted by atomic mass is 31.2. The van der Waals surface area contributed by atoms with Gasteiger partial charge >= 0.3 is 11.9 Å². The van der Waals surface area contributed by atoms with Crippen LogP contribution in [0.5, 0.6) is 0 Å². The molecule has 0 aromatic rings. The smallest absolute Gasteiger partial charge is 0.333 e. The molecule has 0 bridgehead atoms. The second-order valence-electron chi connectivity index (χ2n) is 8.32. The lowest BCUT2D eigenvalue weighted by molar-refractivity contribution is -0.153. The van der Waals surface area contributed by atoms with Crippen molar-refractivity contribution in [3.63, 3.8) is 0 Å². The molecule has 6 heteroatoms. The maximum absolute atomic E-state index is 12.6. The molecule has 0 aliphatic carbocycles. The minimum atomic E-state index is -1.18. The molecule has 1 N–H and O–H groups in total. The molecule has 0 radical (unpaired) electrons. The van der Waals surface area contributed by atoms with E-state index in [1.807, 2.05) is 6.92 Å². The first-order valence-corrected chi connectivity index (χ1v) is 13.8. The van der Waals surface area contributed by atoms with Crippen LogP contribution in [-0.2, 0) is 19.1 Å². The predicted molar refractivity (Wildman–Crippen MR) is 123 cm³/mol. The Labute approximate surface area is 179 Å². The van der Waals surface area contributed by atoms with Crippen molar-refractivity contribution in [1.29, 1.82) is 0 Å². The van der Waals surface area contributed by atoms with Crippen molar-refractivity contribution in [1.82, 2.24) is 0 Å². The summed E-state index contributed by atoms with van der Waals surface area (Å²) < 4.78 is 10.2. The van der Waals surface area contributed by atoms with E-state index in [4.69, 9.17) is 9.47 Å². The highest BCUT2D eigenvalue weighted by Crippen LogP contribution is 2.61. The number of aliphatic hydroxyl groups excluding tert-OH is 1. The quantitative estimate of drug-likeness (QED) is 0.198. The van der Waals surface area contributed by atoms with Gasteiger partial charge in [0.1, 0.15) is 19.3 Å². The average Bonchev–Trinajstić information content (AvgIpc) is 2.70. The monoisotopic (exact) mass is 431 g/mol. The van der Waals surface area contributed by atoms with Crippen molar-refractivity contribution < 1.29 is 24.2 Å². The van der Waals surface area contributed by atoms with Crippen LogP contribution in [0.2, 0.25) is 0 Å². The Morgan fingerprint density at radius 3 is 1.79 bits per heavy atom. The molecule has 0 spiro atoms. The Morgan fingerprint density at radius 2 is 1.38 bits per heavy atom. The van der Waals surface area contributed by atoms with Gasteiger partial charge in [0.15, 0.2) is 0 Å². The zero-order chi connectivity index (χ0) is 22.3. The Hall–Kier alpha value is -0.930. The van der Waals surface area contributed by atoms with Crippen LogP contribution in [-0.4, -0.2) is 61.0 Å². The Kier molecular flexibility index (Phi) is 15.3. The summed E-state index contributed by atoms with van der Waals surface area (Å²) in [5.74, 6) is -0.982. The first kappa shape index (κ1) is 28.1. The van der Waals surface area contributed by atoms with E-state index in [-0.39, 0.29) is 30.7 Å². The fraction of sp³-hybridized carbons (Fsp3) is 0.826. The van der Waals surface area contributed by atoms with Crippen molar-refractivity contribution >= 4 is 19.2 Å². The molecule has 0 fully saturated rings. The van der Waals surface area contributed by atoms with Gasteiger partial charge in [-0.05, 0) is 33.1 Å². The van der Waals surface area contributed by atoms with Crippen LogP contribution in [0.4, 0.5) is 0 Å². The molecule has 0 saturated carbocycles. The van der Waals surface area contributed by atoms with E-state index in [0.717, 1.165) is 6.16 Å². The van der Waals surface area contributed by atoms with E-state index in [2.05, 4.69) is 27.4 Å². The van der Waals surface area contributed by atoms with E-state index >= 15 is 0 Å². The summed E-state index contributed by atoms with van der Waals surface area (Å²) in [4.78, 5) is 23.9. The van der Waals surface area contributed by atoms with Crippen LogP contribution in [0.25, 0.3) is 0 Å². The van der Waals surface area contributed by atoms with Gasteiger partial charge in [-0.15, -0.1) is 0 Å². The third-order valence-electron chi connectivity index (χ3n) is 5.19. The summed E-state index contributed by atoms with van der Waals surface area (Å²) in [6.07, 6.45) is 11.0. The topological polar surface area (TPSA) is 72.8 Å². The van der Waals surface area contributed by atoms with Gasteiger partial charge in [0.05, 0.1) is 30.6 Å². The van der Waals surface area contributed by atoms with Gasteiger partial charge in [-0.2, -0.15) is 0 Å². The number of esters is 2. The molecular weight excluding hydrogens is 387 g/mol. The van der Waals surface area contributed by atoms with Crippen molar-refractivity contribution in [2.45, 2.75) is 79.2 Å². The van der Waals surface area contributed by atoms with Gasteiger partial charge in [-0.1, -0.05) is 46.6 Å². The third-order valence-corrected chi connectivity index (χ3v) is 10.3. The lowest BCUT2D eigenvalue weighted by Gasteiger charge is -2.30. The van der Waals surface area contributed by atoms with Gasteiger partial charge in [0, 0.05) is 12.8 Å². The minimum Gasteiger partial charge on any atom is -0.462 e. The molecule has 2 unspecified atom stereocenters. The normalized spacial score (nSPS) is 13.6. The third kappa shape index (κ3) is 12.4. The maximum Gasteiger partial charge on any atom is 0.333 e. The van der Waals surface area contributed by atoms with Crippen molar-refractivity contribution in [2.24, 2.45) is 5.92 Å². The van der Waals surface area contributed by atoms with Gasteiger partial charge in [-0.25, -0.2) is 4.79 Å². The van der Waals surface area contributed by atoms with Crippen LogP contribution in [0.1, 0.15) is 73.1 Å². The number of hydrogen-bond donors (Lipinski definition) is 1. The van der Waals surface area contributed by atoms with Crippen LogP contribution >= 0.6 is 7.26 Å². The highest BCUT2D eigenvalue weighted by Gasteiger charge is 2.39. The van der Waals surface area contributed by atoms with E-state index in [1.54, 1.807) is 6.92 Å². The summed E-state index contributed by atoms with van der Waals surface area (Å²) >= 11 is 0.